The molecule has 0 aliphatic rings. The Hall–Kier alpha value is -1.31. The van der Waals surface area contributed by atoms with Gasteiger partial charge in [-0.25, -0.2) is 0 Å². The zero-order valence-electron chi connectivity index (χ0n) is 13.1. The molecule has 0 heterocycles. The highest BCUT2D eigenvalue weighted by Gasteiger charge is 1.93. The Balaban J connectivity index is 3.36. The number of aliphatic carboxylic acids is 1. The van der Waals surface area contributed by atoms with E-state index in [0.29, 0.717) is 0 Å². The van der Waals surface area contributed by atoms with Gasteiger partial charge in [-0.15, -0.1) is 0 Å². The minimum atomic E-state index is -0.696. The van der Waals surface area contributed by atoms with E-state index in [9.17, 15) is 4.79 Å². The quantitative estimate of drug-likeness (QED) is 0.377. The molecule has 20 heavy (non-hydrogen) atoms. The lowest BCUT2D eigenvalue weighted by Gasteiger charge is -1.98. The van der Waals surface area contributed by atoms with Crippen LogP contribution < -0.4 is 0 Å². The molecule has 0 radical (unpaired) electrons. The van der Waals surface area contributed by atoms with Crippen molar-refractivity contribution in [1.82, 2.24) is 0 Å². The topological polar surface area (TPSA) is 37.3 Å². The Labute approximate surface area is 124 Å². The fourth-order valence-corrected chi connectivity index (χ4v) is 1.75. The predicted octanol–water partition coefficient (Wildman–Crippen LogP) is 5.52. The summed E-state index contributed by atoms with van der Waals surface area (Å²) in [4.78, 5) is 10.3. The van der Waals surface area contributed by atoms with Gasteiger partial charge in [-0.3, -0.25) is 4.79 Å². The van der Waals surface area contributed by atoms with Crippen molar-refractivity contribution in [2.24, 2.45) is 5.92 Å². The van der Waals surface area contributed by atoms with E-state index >= 15 is 0 Å². The van der Waals surface area contributed by atoms with Crippen molar-refractivity contribution < 1.29 is 9.90 Å². The molecule has 0 unspecified atom stereocenters. The lowest BCUT2D eigenvalue weighted by atomic mass is 10.1. The van der Waals surface area contributed by atoms with Crippen LogP contribution in [0.3, 0.4) is 0 Å². The third-order valence-electron chi connectivity index (χ3n) is 2.97. The van der Waals surface area contributed by atoms with Crippen molar-refractivity contribution in [2.75, 3.05) is 0 Å². The molecule has 0 fully saturated rings. The normalized spacial score (nSPS) is 12.3. The number of unbranched alkanes of at least 4 members (excludes halogenated alkanes) is 2. The fraction of sp³-hybridized carbons (Fsp3) is 0.611. The molecule has 2 nitrogen and oxygen atoms in total. The minimum Gasteiger partial charge on any atom is -0.481 e. The molecule has 0 aromatic rings. The summed E-state index contributed by atoms with van der Waals surface area (Å²) < 4.78 is 0. The molecule has 114 valence electrons. The van der Waals surface area contributed by atoms with Crippen molar-refractivity contribution in [3.05, 3.63) is 36.5 Å². The third-order valence-corrected chi connectivity index (χ3v) is 2.97. The van der Waals surface area contributed by atoms with Gasteiger partial charge in [-0.1, -0.05) is 50.3 Å². The summed E-state index contributed by atoms with van der Waals surface area (Å²) in [5.41, 5.74) is 0. The number of hydrogen-bond acceptors (Lipinski definition) is 1. The maximum atomic E-state index is 10.3. The van der Waals surface area contributed by atoms with Crippen LogP contribution in [0.1, 0.15) is 65.2 Å². The highest BCUT2D eigenvalue weighted by atomic mass is 16.4. The molecule has 2 heteroatoms. The largest absolute Gasteiger partial charge is 0.481 e. The first-order chi connectivity index (χ1) is 9.63. The van der Waals surface area contributed by atoms with Gasteiger partial charge in [0.2, 0.25) is 0 Å². The van der Waals surface area contributed by atoms with Crippen LogP contribution in [0.4, 0.5) is 0 Å². The monoisotopic (exact) mass is 278 g/mol. The summed E-state index contributed by atoms with van der Waals surface area (Å²) in [5.74, 6) is 0.0918. The average Bonchev–Trinajstić information content (AvgIpc) is 2.38. The fourth-order valence-electron chi connectivity index (χ4n) is 1.75. The lowest BCUT2D eigenvalue weighted by Crippen LogP contribution is -1.92. The van der Waals surface area contributed by atoms with E-state index in [-0.39, 0.29) is 6.42 Å². The summed E-state index contributed by atoms with van der Waals surface area (Å²) in [6, 6.07) is 0. The average molecular weight is 278 g/mol. The molecule has 0 aromatic heterocycles. The van der Waals surface area contributed by atoms with Gasteiger partial charge in [0, 0.05) is 6.42 Å². The summed E-state index contributed by atoms with van der Waals surface area (Å²) in [7, 11) is 0. The van der Waals surface area contributed by atoms with E-state index < -0.39 is 5.97 Å². The molecule has 0 aromatic carbocycles. The van der Waals surface area contributed by atoms with E-state index in [0.717, 1.165) is 38.0 Å². The van der Waals surface area contributed by atoms with Crippen LogP contribution in [0, 0.1) is 5.92 Å². The summed E-state index contributed by atoms with van der Waals surface area (Å²) in [6.07, 6.45) is 20.6. The molecule has 0 saturated carbocycles. The van der Waals surface area contributed by atoms with Gasteiger partial charge in [0.05, 0.1) is 0 Å². The molecule has 1 N–H and O–H groups in total. The zero-order chi connectivity index (χ0) is 15.1. The van der Waals surface area contributed by atoms with Gasteiger partial charge >= 0.3 is 5.97 Å². The third kappa shape index (κ3) is 16.7. The first-order valence-corrected chi connectivity index (χ1v) is 7.79. The molecule has 0 amide bonds. The van der Waals surface area contributed by atoms with Gasteiger partial charge < -0.3 is 5.11 Å². The standard InChI is InChI=1S/C18H30O2/c1-17(2)15-13-11-9-7-5-3-4-6-8-10-12-14-16-18(19)20/h3,5-6,8-9,11,17H,4,7,10,12-16H2,1-2H3,(H,19,20)/b5-3-,8-6-,11-9-. The number of hydrogen-bond donors (Lipinski definition) is 1. The second-order valence-corrected chi connectivity index (χ2v) is 5.50. The number of rotatable bonds is 12. The Bertz CT molecular complexity index is 311. The SMILES string of the molecule is CC(C)CC/C=C\C/C=C\C/C=C\CCCCC(=O)O. The molecular formula is C18H30O2. The first-order valence-electron chi connectivity index (χ1n) is 7.79. The van der Waals surface area contributed by atoms with Crippen molar-refractivity contribution in [1.29, 1.82) is 0 Å². The van der Waals surface area contributed by atoms with Crippen molar-refractivity contribution in [2.45, 2.75) is 65.2 Å². The van der Waals surface area contributed by atoms with E-state index in [1.165, 1.54) is 12.8 Å². The van der Waals surface area contributed by atoms with Gasteiger partial charge in [-0.2, -0.15) is 0 Å². The van der Waals surface area contributed by atoms with Crippen LogP contribution in [0.25, 0.3) is 0 Å². The van der Waals surface area contributed by atoms with Gasteiger partial charge in [0.25, 0.3) is 0 Å². The lowest BCUT2D eigenvalue weighted by molar-refractivity contribution is -0.137. The van der Waals surface area contributed by atoms with Crippen LogP contribution >= 0.6 is 0 Å². The Morgan fingerprint density at radius 1 is 0.900 bits per heavy atom. The highest BCUT2D eigenvalue weighted by Crippen LogP contribution is 2.04. The molecule has 0 aliphatic carbocycles. The van der Waals surface area contributed by atoms with Crippen LogP contribution in [0.15, 0.2) is 36.5 Å². The second kappa shape index (κ2) is 14.1. The maximum Gasteiger partial charge on any atom is 0.303 e. The van der Waals surface area contributed by atoms with Crippen molar-refractivity contribution >= 4 is 5.97 Å². The van der Waals surface area contributed by atoms with E-state index in [4.69, 9.17) is 5.11 Å². The molecule has 0 rings (SSSR count). The molecule has 0 bridgehead atoms. The number of allylic oxidation sites excluding steroid dienone is 6. The number of carbonyl (C=O) groups is 1. The molecule has 0 atom stereocenters. The minimum absolute atomic E-state index is 0.289. The number of carboxylic acids is 1. The van der Waals surface area contributed by atoms with Crippen LogP contribution in [0.5, 0.6) is 0 Å². The van der Waals surface area contributed by atoms with Gasteiger partial charge in [0.15, 0.2) is 0 Å². The van der Waals surface area contributed by atoms with Crippen molar-refractivity contribution in [3.63, 3.8) is 0 Å². The summed E-state index contributed by atoms with van der Waals surface area (Å²) >= 11 is 0. The van der Waals surface area contributed by atoms with E-state index in [1.807, 2.05) is 0 Å². The first kappa shape index (κ1) is 18.7. The smallest absolute Gasteiger partial charge is 0.303 e. The predicted molar refractivity (Wildman–Crippen MR) is 86.8 cm³/mol. The second-order valence-electron chi connectivity index (χ2n) is 5.50. The Morgan fingerprint density at radius 3 is 2.00 bits per heavy atom. The zero-order valence-corrected chi connectivity index (χ0v) is 13.1. The molecule has 0 aliphatic heterocycles. The van der Waals surface area contributed by atoms with Crippen LogP contribution in [0.2, 0.25) is 0 Å². The van der Waals surface area contributed by atoms with Crippen LogP contribution in [-0.2, 0) is 4.79 Å². The van der Waals surface area contributed by atoms with Gasteiger partial charge in [-0.05, 0) is 50.9 Å². The molecular weight excluding hydrogens is 248 g/mol. The summed E-state index contributed by atoms with van der Waals surface area (Å²) in [6.45, 7) is 4.50. The maximum absolute atomic E-state index is 10.3. The highest BCUT2D eigenvalue weighted by molar-refractivity contribution is 5.66. The molecule has 0 spiro atoms. The van der Waals surface area contributed by atoms with E-state index in [2.05, 4.69) is 50.3 Å². The Morgan fingerprint density at radius 2 is 1.45 bits per heavy atom. The van der Waals surface area contributed by atoms with Crippen LogP contribution in [-0.4, -0.2) is 11.1 Å². The van der Waals surface area contributed by atoms with Crippen molar-refractivity contribution in [3.8, 4) is 0 Å². The summed E-state index contributed by atoms with van der Waals surface area (Å²) in [5, 5.41) is 8.48. The van der Waals surface area contributed by atoms with E-state index in [1.54, 1.807) is 0 Å². The Kier molecular flexibility index (Phi) is 13.2. The number of carboxylic acid groups (broad SMARTS) is 1. The molecule has 0 saturated heterocycles. The van der Waals surface area contributed by atoms with Gasteiger partial charge in [0.1, 0.15) is 0 Å².